The number of hydrogen-bond donors (Lipinski definition) is 2. The third kappa shape index (κ3) is 6.16. The summed E-state index contributed by atoms with van der Waals surface area (Å²) in [5, 5.41) is 23.2. The van der Waals surface area contributed by atoms with Gasteiger partial charge in [0.25, 0.3) is 0 Å². The Morgan fingerprint density at radius 2 is 1.27 bits per heavy atom. The summed E-state index contributed by atoms with van der Waals surface area (Å²) in [4.78, 5) is 72.9. The van der Waals surface area contributed by atoms with E-state index >= 15 is 4.39 Å². The number of epoxide rings is 2. The van der Waals surface area contributed by atoms with Crippen molar-refractivity contribution in [2.75, 3.05) is 13.2 Å². The van der Waals surface area contributed by atoms with E-state index in [0.717, 1.165) is 12.0 Å². The van der Waals surface area contributed by atoms with Crippen LogP contribution in [0.3, 0.4) is 0 Å². The van der Waals surface area contributed by atoms with Gasteiger partial charge in [-0.25, -0.2) is 9.18 Å². The van der Waals surface area contributed by atoms with Crippen molar-refractivity contribution in [2.24, 2.45) is 45.3 Å². The number of ketones is 3. The molecule has 2 spiro atoms. The lowest BCUT2D eigenvalue weighted by Gasteiger charge is -2.56. The Morgan fingerprint density at radius 1 is 0.731 bits per heavy atom. The summed E-state index contributed by atoms with van der Waals surface area (Å²) in [5.41, 5.74) is -4.73. The van der Waals surface area contributed by atoms with Crippen LogP contribution in [0.5, 0.6) is 0 Å². The minimum Gasteiger partial charge on any atom is -0.458 e. The fourth-order valence-corrected chi connectivity index (χ4v) is 15.3. The van der Waals surface area contributed by atoms with Crippen LogP contribution in [-0.2, 0) is 47.7 Å². The molecule has 0 aromatic heterocycles. The molecule has 0 amide bonds. The average molecular weight is 923 g/mol. The van der Waals surface area contributed by atoms with Crippen molar-refractivity contribution in [1.29, 1.82) is 0 Å². The van der Waals surface area contributed by atoms with Gasteiger partial charge in [-0.15, -0.1) is 0 Å². The maximum atomic E-state index is 15.3. The van der Waals surface area contributed by atoms with Gasteiger partial charge < -0.3 is 33.9 Å². The van der Waals surface area contributed by atoms with E-state index in [2.05, 4.69) is 19.1 Å². The first-order chi connectivity index (χ1) is 31.5. The minimum atomic E-state index is -1.63. The highest BCUT2D eigenvalue weighted by Crippen LogP contribution is 2.77. The zero-order valence-electron chi connectivity index (χ0n) is 38.8. The Kier molecular flexibility index (Phi) is 10.3. The maximum Gasteiger partial charge on any atom is 0.343 e. The summed E-state index contributed by atoms with van der Waals surface area (Å²) in [7, 11) is 0. The molecule has 2 N–H and O–H groups in total. The molecule has 5 saturated carbocycles. The number of hydrogen-bond acceptors (Lipinski definition) is 13. The summed E-state index contributed by atoms with van der Waals surface area (Å²) in [6.07, 6.45) is 15.1. The molecule has 2 saturated heterocycles. The van der Waals surface area contributed by atoms with E-state index < -0.39 is 92.9 Å². The Hall–Kier alpha value is -4.89. The Balaban J connectivity index is 0.000000160. The van der Waals surface area contributed by atoms with Gasteiger partial charge in [0.2, 0.25) is 11.6 Å². The van der Waals surface area contributed by atoms with Crippen LogP contribution in [0.4, 0.5) is 4.39 Å². The van der Waals surface area contributed by atoms with E-state index in [4.69, 9.17) is 23.7 Å². The average Bonchev–Trinajstić information content (AvgIpc) is 4.16. The van der Waals surface area contributed by atoms with Crippen LogP contribution in [0.2, 0.25) is 0 Å². The predicted octanol–water partition coefficient (Wildman–Crippen LogP) is 6.31. The second kappa shape index (κ2) is 15.1. The van der Waals surface area contributed by atoms with Crippen molar-refractivity contribution in [3.05, 3.63) is 95.3 Å². The van der Waals surface area contributed by atoms with Crippen LogP contribution >= 0.6 is 0 Å². The topological polar surface area (TPSA) is 196 Å². The summed E-state index contributed by atoms with van der Waals surface area (Å²) >= 11 is 0. The normalized spacial score (nSPS) is 45.1. The molecular formula is C53H59FO13. The number of Topliss-reactive ketones (excluding diaryl/α,β-unsaturated/α-hetero) is 2. The number of benzene rings is 1. The molecule has 10 aliphatic rings. The maximum absolute atomic E-state index is 15.3. The zero-order valence-corrected chi connectivity index (χ0v) is 38.8. The lowest BCUT2D eigenvalue weighted by molar-refractivity contribution is -0.166. The second-order valence-electron chi connectivity index (χ2n) is 21.6. The van der Waals surface area contributed by atoms with Crippen molar-refractivity contribution < 1.29 is 67.1 Å². The Morgan fingerprint density at radius 3 is 1.84 bits per heavy atom. The summed E-state index contributed by atoms with van der Waals surface area (Å²) in [5.74, 6) is -2.20. The number of esters is 3. The molecule has 1 aromatic carbocycles. The van der Waals surface area contributed by atoms with Gasteiger partial charge in [0.05, 0.1) is 17.8 Å². The number of carbonyl (C=O) groups is 6. The number of halogens is 1. The number of aliphatic hydroxyl groups is 2. The first-order valence-corrected chi connectivity index (χ1v) is 23.7. The molecule has 8 aliphatic carbocycles. The van der Waals surface area contributed by atoms with Gasteiger partial charge in [0, 0.05) is 35.5 Å². The SMILES string of the molecule is CC(=O)OCC(=O)[C@@]1(O)CCC2C3CC=C4C=C(OC(=O)c5ccccc5)C=C[C@]4(C)[C@@]34O[C@H]4C[C@@]21C.CC(=O)OCC(=O)[C@@]1(O)CCC2C3C[C@H](F)C4=CC(=O)C=C[C@]4(C)[C@@]34O[C@H]4C[C@@]21C. The van der Waals surface area contributed by atoms with Gasteiger partial charge in [0.1, 0.15) is 34.3 Å². The monoisotopic (exact) mass is 922 g/mol. The van der Waals surface area contributed by atoms with Crippen LogP contribution in [0, 0.1) is 45.3 Å². The number of fused-ring (bicyclic) bond motifs is 6. The Bertz CT molecular complexity index is 2540. The van der Waals surface area contributed by atoms with Crippen LogP contribution in [0.25, 0.3) is 0 Å². The lowest BCUT2D eigenvalue weighted by atomic mass is 9.46. The second-order valence-corrected chi connectivity index (χ2v) is 21.6. The summed E-state index contributed by atoms with van der Waals surface area (Å²) in [6.45, 7) is 9.62. The predicted molar refractivity (Wildman–Crippen MR) is 236 cm³/mol. The van der Waals surface area contributed by atoms with E-state index in [-0.39, 0.29) is 54.5 Å². The largest absolute Gasteiger partial charge is 0.458 e. The first-order valence-electron chi connectivity index (χ1n) is 23.7. The highest BCUT2D eigenvalue weighted by atomic mass is 19.1. The van der Waals surface area contributed by atoms with Crippen molar-refractivity contribution >= 4 is 35.3 Å². The zero-order chi connectivity index (χ0) is 47.9. The first kappa shape index (κ1) is 45.9. The smallest absolute Gasteiger partial charge is 0.343 e. The summed E-state index contributed by atoms with van der Waals surface area (Å²) < 4.78 is 43.7. The molecule has 11 rings (SSSR count). The van der Waals surface area contributed by atoms with Gasteiger partial charge >= 0.3 is 17.9 Å². The minimum absolute atomic E-state index is 0.0850. The molecule has 356 valence electrons. The molecule has 1 aromatic rings. The molecule has 7 fully saturated rings. The van der Waals surface area contributed by atoms with E-state index in [1.54, 1.807) is 30.3 Å². The molecule has 0 bridgehead atoms. The van der Waals surface area contributed by atoms with Crippen LogP contribution < -0.4 is 0 Å². The lowest BCUT2D eigenvalue weighted by Crippen LogP contribution is -2.62. The number of allylic oxidation sites excluding steroid dienone is 5. The van der Waals surface area contributed by atoms with Crippen molar-refractivity contribution in [2.45, 2.75) is 134 Å². The van der Waals surface area contributed by atoms with Crippen LogP contribution in [0.15, 0.2) is 89.8 Å². The molecule has 0 radical (unpaired) electrons. The van der Waals surface area contributed by atoms with Gasteiger partial charge in [0.15, 0.2) is 19.0 Å². The van der Waals surface area contributed by atoms with Gasteiger partial charge in [-0.05, 0) is 136 Å². The number of carbonyl (C=O) groups excluding carboxylic acids is 6. The van der Waals surface area contributed by atoms with E-state index in [9.17, 15) is 39.0 Å². The molecule has 67 heavy (non-hydrogen) atoms. The number of rotatable bonds is 8. The fourth-order valence-electron chi connectivity index (χ4n) is 15.3. The Labute approximate surface area is 388 Å². The molecule has 15 atom stereocenters. The third-order valence-corrected chi connectivity index (χ3v) is 18.9. The molecular weight excluding hydrogens is 864 g/mol. The standard InChI is InChI=1S/C30H32O7.C23H27FO6/c1-18(31)35-17-24(32)29(34)14-12-22-23-10-9-20-15-21(36-26(33)19-7-5-4-6-8-19)11-13-27(20,2)30(23)25(37-30)16-28(22,29)3;1-12(25)29-11-18(27)22(28)7-5-14-15-9-17(24)16-8-13(26)4-6-20(16,2)23(15)19(30-23)10-21(14,22)3/h4-9,11,13,15,22-23,25,34H,10,12,14,16-17H2,1-3H3;4,6,8,14-15,17,19,28H,5,7,9-11H2,1-3H3/t22?,23?,25-,27-,28-,29-,30+;14?,15?,17-,19-,20-,21-,22-,23+/m00/s1. The van der Waals surface area contributed by atoms with E-state index in [0.29, 0.717) is 49.0 Å². The van der Waals surface area contributed by atoms with Gasteiger partial charge in [-0.3, -0.25) is 24.0 Å². The highest BCUT2D eigenvalue weighted by molar-refractivity contribution is 6.01. The van der Waals surface area contributed by atoms with Gasteiger partial charge in [-0.1, -0.05) is 50.3 Å². The van der Waals surface area contributed by atoms with E-state index in [1.807, 2.05) is 39.0 Å². The molecule has 2 aliphatic heterocycles. The molecule has 4 unspecified atom stereocenters. The van der Waals surface area contributed by atoms with Crippen LogP contribution in [0.1, 0.15) is 103 Å². The van der Waals surface area contributed by atoms with Crippen LogP contribution in [-0.4, -0.2) is 99.5 Å². The fraction of sp³-hybridized carbons (Fsp3) is 0.585. The molecule has 2 heterocycles. The molecule has 13 nitrogen and oxygen atoms in total. The quantitative estimate of drug-likeness (QED) is 0.168. The third-order valence-electron chi connectivity index (χ3n) is 18.9. The highest BCUT2D eigenvalue weighted by Gasteiger charge is 2.83. The van der Waals surface area contributed by atoms with Crippen molar-refractivity contribution in [3.8, 4) is 0 Å². The van der Waals surface area contributed by atoms with Gasteiger partial charge in [-0.2, -0.15) is 0 Å². The van der Waals surface area contributed by atoms with Crippen molar-refractivity contribution in [3.63, 3.8) is 0 Å². The molecule has 14 heteroatoms. The van der Waals surface area contributed by atoms with Crippen molar-refractivity contribution in [1.82, 2.24) is 0 Å². The van der Waals surface area contributed by atoms with E-state index in [1.165, 1.54) is 26.0 Å². The number of alkyl halides is 1. The summed E-state index contributed by atoms with van der Waals surface area (Å²) in [6, 6.07) is 8.91. The number of ether oxygens (including phenoxy) is 5.